The van der Waals surface area contributed by atoms with E-state index in [9.17, 15) is 9.59 Å². The Kier molecular flexibility index (Phi) is 5.04. The van der Waals surface area contributed by atoms with Crippen molar-refractivity contribution in [1.82, 2.24) is 0 Å². The van der Waals surface area contributed by atoms with Crippen LogP contribution in [0.4, 0.5) is 5.69 Å². The summed E-state index contributed by atoms with van der Waals surface area (Å²) in [6.07, 6.45) is 4.02. The molecule has 114 valence electrons. The van der Waals surface area contributed by atoms with Crippen molar-refractivity contribution in [3.05, 3.63) is 28.2 Å². The highest BCUT2D eigenvalue weighted by Crippen LogP contribution is 2.44. The van der Waals surface area contributed by atoms with Crippen molar-refractivity contribution in [3.63, 3.8) is 0 Å². The van der Waals surface area contributed by atoms with Gasteiger partial charge in [-0.05, 0) is 58.8 Å². The minimum absolute atomic E-state index is 0.0788. The Bertz CT molecular complexity index is 550. The lowest BCUT2D eigenvalue weighted by atomic mass is 9.79. The third-order valence-corrected chi connectivity index (χ3v) is 4.81. The maximum Gasteiger partial charge on any atom is 0.303 e. The molecule has 1 aliphatic carbocycles. The van der Waals surface area contributed by atoms with Crippen molar-refractivity contribution in [1.29, 1.82) is 0 Å². The van der Waals surface area contributed by atoms with E-state index in [1.165, 1.54) is 0 Å². The quantitative estimate of drug-likeness (QED) is 0.836. The molecule has 1 fully saturated rings. The molecule has 0 unspecified atom stereocenters. The summed E-state index contributed by atoms with van der Waals surface area (Å²) in [6.45, 7) is 1.96. The number of hydrogen-bond donors (Lipinski definition) is 2. The Morgan fingerprint density at radius 1 is 1.29 bits per heavy atom. The number of anilines is 1. The lowest BCUT2D eigenvalue weighted by Gasteiger charge is -2.26. The predicted molar refractivity (Wildman–Crippen MR) is 85.3 cm³/mol. The Labute approximate surface area is 133 Å². The molecule has 0 aliphatic heterocycles. The summed E-state index contributed by atoms with van der Waals surface area (Å²) in [5, 5.41) is 12.0. The summed E-state index contributed by atoms with van der Waals surface area (Å²) in [4.78, 5) is 23.4. The topological polar surface area (TPSA) is 66.4 Å². The molecule has 1 aromatic rings. The highest BCUT2D eigenvalue weighted by molar-refractivity contribution is 9.10. The average molecular weight is 354 g/mol. The highest BCUT2D eigenvalue weighted by atomic mass is 79.9. The summed E-state index contributed by atoms with van der Waals surface area (Å²) in [7, 11) is 0. The first-order valence-corrected chi connectivity index (χ1v) is 7.97. The van der Waals surface area contributed by atoms with Gasteiger partial charge in [0.2, 0.25) is 5.91 Å². The van der Waals surface area contributed by atoms with E-state index in [0.717, 1.165) is 41.4 Å². The maximum atomic E-state index is 12.3. The molecule has 0 saturated heterocycles. The zero-order valence-electron chi connectivity index (χ0n) is 12.1. The second kappa shape index (κ2) is 6.60. The number of benzene rings is 1. The lowest BCUT2D eigenvalue weighted by molar-refractivity contribution is -0.140. The van der Waals surface area contributed by atoms with E-state index >= 15 is 0 Å². The number of carbonyl (C=O) groups is 2. The van der Waals surface area contributed by atoms with Gasteiger partial charge in [0.05, 0.1) is 12.1 Å². The molecule has 0 atom stereocenters. The zero-order valence-corrected chi connectivity index (χ0v) is 13.7. The van der Waals surface area contributed by atoms with Gasteiger partial charge in [0, 0.05) is 10.9 Å². The fraction of sp³-hybridized carbons (Fsp3) is 0.500. The van der Waals surface area contributed by atoms with Crippen LogP contribution in [0.1, 0.15) is 44.1 Å². The summed E-state index contributed by atoms with van der Waals surface area (Å²) in [5.41, 5.74) is 1.43. The summed E-state index contributed by atoms with van der Waals surface area (Å²) < 4.78 is 0.833. The van der Waals surface area contributed by atoms with E-state index in [2.05, 4.69) is 21.2 Å². The van der Waals surface area contributed by atoms with Crippen LogP contribution in [-0.2, 0) is 9.59 Å². The molecule has 5 heteroatoms. The average Bonchev–Trinajstić information content (AvgIpc) is 2.80. The maximum absolute atomic E-state index is 12.3. The zero-order chi connectivity index (χ0) is 15.5. The van der Waals surface area contributed by atoms with Crippen molar-refractivity contribution in [3.8, 4) is 0 Å². The van der Waals surface area contributed by atoms with Gasteiger partial charge >= 0.3 is 5.97 Å². The number of nitrogens with one attached hydrogen (secondary N) is 1. The van der Waals surface area contributed by atoms with Gasteiger partial charge in [-0.1, -0.05) is 18.9 Å². The number of halogens is 1. The smallest absolute Gasteiger partial charge is 0.303 e. The van der Waals surface area contributed by atoms with Crippen LogP contribution in [0.2, 0.25) is 0 Å². The van der Waals surface area contributed by atoms with Crippen molar-refractivity contribution in [2.75, 3.05) is 5.32 Å². The largest absolute Gasteiger partial charge is 0.481 e. The van der Waals surface area contributed by atoms with Gasteiger partial charge in [-0.3, -0.25) is 9.59 Å². The minimum atomic E-state index is -0.818. The molecule has 1 aromatic carbocycles. The molecule has 0 spiro atoms. The summed E-state index contributed by atoms with van der Waals surface area (Å²) in [6, 6.07) is 5.76. The van der Waals surface area contributed by atoms with E-state index in [1.807, 2.05) is 25.1 Å². The Morgan fingerprint density at radius 2 is 1.95 bits per heavy atom. The normalized spacial score (nSPS) is 16.7. The molecule has 1 aliphatic rings. The van der Waals surface area contributed by atoms with Crippen LogP contribution in [0.5, 0.6) is 0 Å². The van der Waals surface area contributed by atoms with Gasteiger partial charge in [-0.25, -0.2) is 0 Å². The molecular formula is C16H20BrNO3. The lowest BCUT2D eigenvalue weighted by Crippen LogP contribution is -2.27. The molecule has 21 heavy (non-hydrogen) atoms. The fourth-order valence-corrected chi connectivity index (χ4v) is 3.48. The Morgan fingerprint density at radius 3 is 2.57 bits per heavy atom. The first kappa shape index (κ1) is 16.0. The number of aryl methyl sites for hydroxylation is 1. The second-order valence-electron chi connectivity index (χ2n) is 5.99. The second-order valence-corrected chi connectivity index (χ2v) is 6.84. The van der Waals surface area contributed by atoms with Crippen molar-refractivity contribution in [2.45, 2.75) is 45.4 Å². The molecule has 2 N–H and O–H groups in total. The number of carboxylic acid groups (broad SMARTS) is 1. The van der Waals surface area contributed by atoms with Crippen LogP contribution in [0, 0.1) is 12.3 Å². The standard InChI is InChI=1S/C16H20BrNO3/c1-11-4-5-12(17)13(8-11)18-14(19)9-16(10-15(20)21)6-2-3-7-16/h4-5,8H,2-3,6-7,9-10H2,1H3,(H,18,19)(H,20,21). The Hall–Kier alpha value is -1.36. The number of amides is 1. The SMILES string of the molecule is Cc1ccc(Br)c(NC(=O)CC2(CC(=O)O)CCCC2)c1. The van der Waals surface area contributed by atoms with Gasteiger partial charge in [-0.2, -0.15) is 0 Å². The molecule has 0 heterocycles. The van der Waals surface area contributed by atoms with Crippen LogP contribution < -0.4 is 5.32 Å². The molecule has 0 radical (unpaired) electrons. The molecule has 2 rings (SSSR count). The fourth-order valence-electron chi connectivity index (χ4n) is 3.13. The third-order valence-electron chi connectivity index (χ3n) is 4.12. The van der Waals surface area contributed by atoms with Gasteiger partial charge in [0.15, 0.2) is 0 Å². The number of carboxylic acids is 1. The molecular weight excluding hydrogens is 334 g/mol. The summed E-state index contributed by atoms with van der Waals surface area (Å²) >= 11 is 3.42. The third kappa shape index (κ3) is 4.30. The van der Waals surface area contributed by atoms with Crippen molar-refractivity contribution < 1.29 is 14.7 Å². The first-order chi connectivity index (χ1) is 9.90. The monoisotopic (exact) mass is 353 g/mol. The van der Waals surface area contributed by atoms with Crippen LogP contribution >= 0.6 is 15.9 Å². The Balaban J connectivity index is 2.06. The van der Waals surface area contributed by atoms with Gasteiger partial charge in [-0.15, -0.1) is 0 Å². The number of aliphatic carboxylic acids is 1. The van der Waals surface area contributed by atoms with Gasteiger partial charge in [0.1, 0.15) is 0 Å². The minimum Gasteiger partial charge on any atom is -0.481 e. The molecule has 0 aromatic heterocycles. The van der Waals surface area contributed by atoms with Crippen LogP contribution in [0.15, 0.2) is 22.7 Å². The predicted octanol–water partition coefficient (Wildman–Crippen LogP) is 4.12. The van der Waals surface area contributed by atoms with Crippen LogP contribution in [-0.4, -0.2) is 17.0 Å². The van der Waals surface area contributed by atoms with E-state index in [-0.39, 0.29) is 24.2 Å². The molecule has 1 saturated carbocycles. The number of carbonyl (C=O) groups excluding carboxylic acids is 1. The van der Waals surface area contributed by atoms with Gasteiger partial charge in [0.25, 0.3) is 0 Å². The summed E-state index contributed by atoms with van der Waals surface area (Å²) in [5.74, 6) is -0.925. The van der Waals surface area contributed by atoms with E-state index in [4.69, 9.17) is 5.11 Å². The van der Waals surface area contributed by atoms with E-state index < -0.39 is 5.97 Å². The number of rotatable bonds is 5. The molecule has 1 amide bonds. The first-order valence-electron chi connectivity index (χ1n) is 7.18. The molecule has 0 bridgehead atoms. The number of hydrogen-bond acceptors (Lipinski definition) is 2. The van der Waals surface area contributed by atoms with E-state index in [1.54, 1.807) is 0 Å². The van der Waals surface area contributed by atoms with Crippen LogP contribution in [0.3, 0.4) is 0 Å². The van der Waals surface area contributed by atoms with E-state index in [0.29, 0.717) is 0 Å². The van der Waals surface area contributed by atoms with Gasteiger partial charge < -0.3 is 10.4 Å². The van der Waals surface area contributed by atoms with Crippen molar-refractivity contribution >= 4 is 33.5 Å². The highest BCUT2D eigenvalue weighted by Gasteiger charge is 2.38. The van der Waals surface area contributed by atoms with Crippen LogP contribution in [0.25, 0.3) is 0 Å². The molecule has 4 nitrogen and oxygen atoms in total. The van der Waals surface area contributed by atoms with Crippen molar-refractivity contribution in [2.24, 2.45) is 5.41 Å².